The van der Waals surface area contributed by atoms with Gasteiger partial charge in [0.15, 0.2) is 0 Å². The van der Waals surface area contributed by atoms with E-state index in [2.05, 4.69) is 14.8 Å². The molecule has 12 N–H and O–H groups in total. The van der Waals surface area contributed by atoms with Crippen molar-refractivity contribution in [3.05, 3.63) is 0 Å². The molecule has 0 aromatic rings. The molecule has 2 aliphatic rings. The summed E-state index contributed by atoms with van der Waals surface area (Å²) in [6.07, 6.45) is -19.2. The van der Waals surface area contributed by atoms with Crippen LogP contribution < -0.4 is 10.6 Å². The Morgan fingerprint density at radius 3 is 1.69 bits per heavy atom. The molecule has 0 saturated carbocycles. The highest BCUT2D eigenvalue weighted by Gasteiger charge is 2.57. The molecule has 12 atom stereocenters. The SMILES string of the molecule is CC(=O)N[C@H]1[C@H]([C@H](O)[C@H](O)COS(=O)(=O)O)O[C@@](OC[C@@H](O)[C@@H](O)[C@@H]2O[C@@](O)(C(=O)O)C[C@H](O)[C@H]2NC(C)=O)(C(=O)O)C[C@@H]1O. The first-order valence-electron chi connectivity index (χ1n) is 13.0. The van der Waals surface area contributed by atoms with E-state index in [9.17, 15) is 73.6 Å². The minimum atomic E-state index is -5.12. The molecule has 0 aromatic heterocycles. The first kappa shape index (κ1) is 38.5. The van der Waals surface area contributed by atoms with Crippen molar-refractivity contribution in [1.29, 1.82) is 0 Å². The second-order valence-corrected chi connectivity index (χ2v) is 11.5. The zero-order chi connectivity index (χ0) is 34.7. The number of aliphatic hydroxyl groups is 7. The van der Waals surface area contributed by atoms with Crippen molar-refractivity contribution in [1.82, 2.24) is 10.6 Å². The van der Waals surface area contributed by atoms with E-state index in [0.29, 0.717) is 0 Å². The lowest BCUT2D eigenvalue weighted by molar-refractivity contribution is -0.321. The highest BCUT2D eigenvalue weighted by atomic mass is 32.3. The summed E-state index contributed by atoms with van der Waals surface area (Å²) in [5.41, 5.74) is 0. The standard InChI is InChI=1S/C22H36N2O20S/c1-7(25)23-13-9(27)3-21(37,19(33)34)43-17(13)15(31)11(29)5-41-22(20(35)36)4-10(28)14(24-8(2)26)18(44-22)16(32)12(30)6-42-45(38,39)40/h9-18,27-32,37H,3-6H2,1-2H3,(H,23,25)(H,24,26)(H,33,34)(H,35,36)(H,38,39,40)/t9-,10-,11+,12+,13+,14+,15+,16+,17+,18+,21+,22+/m0/s1. The van der Waals surface area contributed by atoms with Crippen LogP contribution in [0.15, 0.2) is 0 Å². The molecule has 2 amide bonds. The zero-order valence-corrected chi connectivity index (χ0v) is 24.4. The second kappa shape index (κ2) is 14.8. The van der Waals surface area contributed by atoms with Crippen molar-refractivity contribution >= 4 is 34.2 Å². The number of aliphatic carboxylic acids is 2. The number of carboxylic acid groups (broad SMARTS) is 2. The van der Waals surface area contributed by atoms with Gasteiger partial charge in [-0.2, -0.15) is 8.42 Å². The largest absolute Gasteiger partial charge is 0.477 e. The lowest BCUT2D eigenvalue weighted by Gasteiger charge is -2.47. The molecule has 22 nitrogen and oxygen atoms in total. The number of nitrogens with one attached hydrogen (secondary N) is 2. The van der Waals surface area contributed by atoms with E-state index < -0.39 is 133 Å². The predicted octanol–water partition coefficient (Wildman–Crippen LogP) is -6.87. The Morgan fingerprint density at radius 2 is 1.27 bits per heavy atom. The third-order valence-electron chi connectivity index (χ3n) is 6.89. The molecule has 0 radical (unpaired) electrons. The van der Waals surface area contributed by atoms with E-state index in [1.54, 1.807) is 0 Å². The second-order valence-electron chi connectivity index (χ2n) is 10.4. The molecule has 0 bridgehead atoms. The quantitative estimate of drug-likeness (QED) is 0.0758. The van der Waals surface area contributed by atoms with Crippen LogP contribution in [0.4, 0.5) is 0 Å². The molecule has 2 fully saturated rings. The smallest absolute Gasteiger partial charge is 0.397 e. The monoisotopic (exact) mass is 680 g/mol. The van der Waals surface area contributed by atoms with Gasteiger partial charge in [-0.05, 0) is 0 Å². The third-order valence-corrected chi connectivity index (χ3v) is 7.33. The van der Waals surface area contributed by atoms with E-state index in [1.807, 2.05) is 0 Å². The summed E-state index contributed by atoms with van der Waals surface area (Å²) in [4.78, 5) is 47.2. The van der Waals surface area contributed by atoms with Crippen LogP contribution in [0.5, 0.6) is 0 Å². The van der Waals surface area contributed by atoms with E-state index in [4.69, 9.17) is 18.8 Å². The fourth-order valence-corrected chi connectivity index (χ4v) is 5.08. The molecule has 0 unspecified atom stereocenters. The van der Waals surface area contributed by atoms with Crippen molar-refractivity contribution in [2.24, 2.45) is 0 Å². The van der Waals surface area contributed by atoms with Crippen LogP contribution >= 0.6 is 0 Å². The molecule has 260 valence electrons. The third kappa shape index (κ3) is 9.67. The molecule has 2 heterocycles. The van der Waals surface area contributed by atoms with Crippen LogP contribution in [0.1, 0.15) is 26.7 Å². The van der Waals surface area contributed by atoms with Gasteiger partial charge in [-0.1, -0.05) is 0 Å². The Kier molecular flexibility index (Phi) is 12.7. The van der Waals surface area contributed by atoms with E-state index in [-0.39, 0.29) is 0 Å². The number of hydrogen-bond donors (Lipinski definition) is 12. The van der Waals surface area contributed by atoms with E-state index in [0.717, 1.165) is 13.8 Å². The summed E-state index contributed by atoms with van der Waals surface area (Å²) in [5, 5.41) is 97.2. The molecular formula is C22H36N2O20S. The Labute approximate surface area is 254 Å². The molecule has 2 rings (SSSR count). The number of carbonyl (C=O) groups excluding carboxylic acids is 2. The summed E-state index contributed by atoms with van der Waals surface area (Å²) in [7, 11) is -5.12. The van der Waals surface area contributed by atoms with Gasteiger partial charge in [0.25, 0.3) is 11.6 Å². The van der Waals surface area contributed by atoms with Gasteiger partial charge in [-0.15, -0.1) is 0 Å². The van der Waals surface area contributed by atoms with Gasteiger partial charge in [0, 0.05) is 26.7 Å². The molecule has 0 aromatic carbocycles. The highest BCUT2D eigenvalue weighted by molar-refractivity contribution is 7.80. The van der Waals surface area contributed by atoms with Gasteiger partial charge < -0.3 is 70.8 Å². The van der Waals surface area contributed by atoms with Crippen LogP contribution in [-0.4, -0.2) is 168 Å². The minimum Gasteiger partial charge on any atom is -0.477 e. The Balaban J connectivity index is 2.35. The van der Waals surface area contributed by atoms with Crippen molar-refractivity contribution in [3.8, 4) is 0 Å². The fourth-order valence-electron chi connectivity index (χ4n) is 4.77. The average Bonchev–Trinajstić information content (AvgIpc) is 2.91. The zero-order valence-electron chi connectivity index (χ0n) is 23.6. The number of carboxylic acids is 2. The number of amides is 2. The normalized spacial score (nSPS) is 35.0. The van der Waals surface area contributed by atoms with Crippen LogP contribution in [-0.2, 0) is 48.0 Å². The molecule has 2 saturated heterocycles. The fraction of sp³-hybridized carbons (Fsp3) is 0.818. The van der Waals surface area contributed by atoms with Crippen molar-refractivity contribution < 1.29 is 96.5 Å². The summed E-state index contributed by atoms with van der Waals surface area (Å²) in [6, 6.07) is -3.29. The maximum absolute atomic E-state index is 12.3. The number of aliphatic hydroxyl groups excluding tert-OH is 6. The number of rotatable bonds is 14. The molecule has 23 heteroatoms. The lowest BCUT2D eigenvalue weighted by atomic mass is 9.88. The summed E-state index contributed by atoms with van der Waals surface area (Å²) in [6.45, 7) is -0.609. The van der Waals surface area contributed by atoms with Crippen LogP contribution in [0, 0.1) is 0 Å². The van der Waals surface area contributed by atoms with Gasteiger partial charge in [0.2, 0.25) is 11.8 Å². The molecule has 0 aliphatic carbocycles. The van der Waals surface area contributed by atoms with Crippen molar-refractivity contribution in [3.63, 3.8) is 0 Å². The summed E-state index contributed by atoms with van der Waals surface area (Å²) >= 11 is 0. The Hall–Kier alpha value is -2.65. The predicted molar refractivity (Wildman–Crippen MR) is 137 cm³/mol. The Morgan fingerprint density at radius 1 is 0.822 bits per heavy atom. The first-order valence-corrected chi connectivity index (χ1v) is 14.3. The molecular weight excluding hydrogens is 644 g/mol. The number of hydrogen-bond acceptors (Lipinski definition) is 17. The van der Waals surface area contributed by atoms with E-state index in [1.165, 1.54) is 0 Å². The maximum Gasteiger partial charge on any atom is 0.397 e. The van der Waals surface area contributed by atoms with Crippen LogP contribution in [0.3, 0.4) is 0 Å². The molecule has 45 heavy (non-hydrogen) atoms. The molecule has 0 spiro atoms. The van der Waals surface area contributed by atoms with Gasteiger partial charge in [0.1, 0.15) is 36.6 Å². The number of carbonyl (C=O) groups is 4. The topological polar surface area (TPSA) is 366 Å². The first-order chi connectivity index (χ1) is 20.5. The molecule has 2 aliphatic heterocycles. The van der Waals surface area contributed by atoms with Crippen molar-refractivity contribution in [2.45, 2.75) is 99.2 Å². The van der Waals surface area contributed by atoms with Gasteiger partial charge in [0.05, 0.1) is 37.5 Å². The van der Waals surface area contributed by atoms with Gasteiger partial charge in [-0.25, -0.2) is 13.8 Å². The highest BCUT2D eigenvalue weighted by Crippen LogP contribution is 2.35. The van der Waals surface area contributed by atoms with E-state index >= 15 is 0 Å². The lowest BCUT2D eigenvalue weighted by Crippen LogP contribution is -2.69. The van der Waals surface area contributed by atoms with Gasteiger partial charge in [-0.3, -0.25) is 14.1 Å². The van der Waals surface area contributed by atoms with Crippen LogP contribution in [0.25, 0.3) is 0 Å². The van der Waals surface area contributed by atoms with Gasteiger partial charge >= 0.3 is 22.3 Å². The number of ether oxygens (including phenoxy) is 3. The van der Waals surface area contributed by atoms with Crippen LogP contribution in [0.2, 0.25) is 0 Å². The minimum absolute atomic E-state index is 0.803. The Bertz CT molecular complexity index is 1200. The van der Waals surface area contributed by atoms with Crippen molar-refractivity contribution in [2.75, 3.05) is 13.2 Å². The summed E-state index contributed by atoms with van der Waals surface area (Å²) in [5.74, 6) is -11.8. The maximum atomic E-state index is 12.3. The summed E-state index contributed by atoms with van der Waals surface area (Å²) < 4.78 is 50.0. The average molecular weight is 681 g/mol.